The van der Waals surface area contributed by atoms with Crippen molar-refractivity contribution in [3.63, 3.8) is 0 Å². The second kappa shape index (κ2) is 12.7. The molecule has 0 saturated heterocycles. The summed E-state index contributed by atoms with van der Waals surface area (Å²) in [5.74, 6) is 0. The summed E-state index contributed by atoms with van der Waals surface area (Å²) in [4.78, 5) is 0. The fourth-order valence-electron chi connectivity index (χ4n) is 1.35. The number of hydrogen-bond acceptors (Lipinski definition) is 4. The molecular formula is C14H30O4Si. The molecule has 0 heterocycles. The lowest BCUT2D eigenvalue weighted by atomic mass is 10.4. The SMILES string of the molecule is C=CO[Si](OCCCC)(OCCCC)OCCCC. The van der Waals surface area contributed by atoms with Gasteiger partial charge in [0.15, 0.2) is 0 Å². The lowest BCUT2D eigenvalue weighted by molar-refractivity contribution is -0.0142. The highest BCUT2D eigenvalue weighted by atomic mass is 28.4. The van der Waals surface area contributed by atoms with Crippen LogP contribution in [-0.4, -0.2) is 28.9 Å². The number of rotatable bonds is 14. The van der Waals surface area contributed by atoms with Crippen LogP contribution >= 0.6 is 0 Å². The predicted molar refractivity (Wildman–Crippen MR) is 79.6 cm³/mol. The number of hydrogen-bond donors (Lipinski definition) is 0. The zero-order valence-corrected chi connectivity index (χ0v) is 13.8. The molecule has 0 aliphatic heterocycles. The van der Waals surface area contributed by atoms with Gasteiger partial charge >= 0.3 is 9.05 Å². The number of unbranched alkanes of at least 4 members (excludes halogenated alkanes) is 3. The summed E-state index contributed by atoms with van der Waals surface area (Å²) >= 11 is 0. The van der Waals surface area contributed by atoms with Crippen molar-refractivity contribution in [2.75, 3.05) is 19.8 Å². The molecule has 0 unspecified atom stereocenters. The van der Waals surface area contributed by atoms with E-state index in [2.05, 4.69) is 27.4 Å². The molecule has 4 nitrogen and oxygen atoms in total. The summed E-state index contributed by atoms with van der Waals surface area (Å²) < 4.78 is 22.9. The highest BCUT2D eigenvalue weighted by Crippen LogP contribution is 2.15. The Hall–Kier alpha value is -0.363. The maximum absolute atomic E-state index is 5.80. The van der Waals surface area contributed by atoms with Gasteiger partial charge in [-0.15, -0.1) is 0 Å². The van der Waals surface area contributed by atoms with Crippen molar-refractivity contribution >= 4 is 9.05 Å². The van der Waals surface area contributed by atoms with Crippen LogP contribution in [-0.2, 0) is 17.7 Å². The molecule has 0 atom stereocenters. The third kappa shape index (κ3) is 9.21. The third-order valence-electron chi connectivity index (χ3n) is 2.56. The van der Waals surface area contributed by atoms with E-state index < -0.39 is 9.05 Å². The topological polar surface area (TPSA) is 36.9 Å². The Kier molecular flexibility index (Phi) is 12.4. The van der Waals surface area contributed by atoms with Gasteiger partial charge in [0, 0.05) is 19.8 Å². The van der Waals surface area contributed by atoms with E-state index in [1.54, 1.807) is 0 Å². The Morgan fingerprint density at radius 1 is 0.789 bits per heavy atom. The minimum Gasteiger partial charge on any atom is -0.487 e. The van der Waals surface area contributed by atoms with E-state index in [0.29, 0.717) is 19.8 Å². The van der Waals surface area contributed by atoms with Crippen molar-refractivity contribution in [2.45, 2.75) is 59.3 Å². The van der Waals surface area contributed by atoms with Gasteiger partial charge in [0.2, 0.25) is 0 Å². The van der Waals surface area contributed by atoms with Crippen molar-refractivity contribution in [1.29, 1.82) is 0 Å². The summed E-state index contributed by atoms with van der Waals surface area (Å²) in [7, 11) is -3.03. The first kappa shape index (κ1) is 18.6. The molecule has 0 spiro atoms. The molecule has 0 rings (SSSR count). The van der Waals surface area contributed by atoms with Crippen LogP contribution in [0.15, 0.2) is 12.8 Å². The van der Waals surface area contributed by atoms with Crippen LogP contribution in [0.4, 0.5) is 0 Å². The van der Waals surface area contributed by atoms with Gasteiger partial charge in [-0.25, -0.2) is 0 Å². The highest BCUT2D eigenvalue weighted by Gasteiger charge is 2.47. The van der Waals surface area contributed by atoms with E-state index >= 15 is 0 Å². The van der Waals surface area contributed by atoms with E-state index in [0.717, 1.165) is 38.5 Å². The van der Waals surface area contributed by atoms with Gasteiger partial charge in [0.1, 0.15) is 0 Å². The van der Waals surface area contributed by atoms with Crippen LogP contribution in [0.5, 0.6) is 0 Å². The molecule has 0 bridgehead atoms. The van der Waals surface area contributed by atoms with E-state index in [4.69, 9.17) is 17.7 Å². The summed E-state index contributed by atoms with van der Waals surface area (Å²) in [5.41, 5.74) is 0. The van der Waals surface area contributed by atoms with Gasteiger partial charge in [-0.2, -0.15) is 0 Å². The molecule has 0 aliphatic carbocycles. The first-order valence-electron chi connectivity index (χ1n) is 7.45. The maximum Gasteiger partial charge on any atom is 0.749 e. The maximum atomic E-state index is 5.80. The Morgan fingerprint density at radius 3 is 1.42 bits per heavy atom. The minimum atomic E-state index is -3.03. The molecule has 0 radical (unpaired) electrons. The van der Waals surface area contributed by atoms with Crippen molar-refractivity contribution in [3.8, 4) is 0 Å². The Morgan fingerprint density at radius 2 is 1.16 bits per heavy atom. The second-order valence-electron chi connectivity index (χ2n) is 4.39. The molecule has 0 fully saturated rings. The monoisotopic (exact) mass is 290 g/mol. The van der Waals surface area contributed by atoms with Crippen LogP contribution in [0.3, 0.4) is 0 Å². The molecule has 0 N–H and O–H groups in total. The molecule has 0 saturated carbocycles. The average molecular weight is 290 g/mol. The lowest BCUT2D eigenvalue weighted by Gasteiger charge is -2.26. The molecule has 19 heavy (non-hydrogen) atoms. The van der Waals surface area contributed by atoms with E-state index in [1.165, 1.54) is 6.26 Å². The van der Waals surface area contributed by atoms with Gasteiger partial charge in [-0.3, -0.25) is 0 Å². The normalized spacial score (nSPS) is 11.5. The zero-order chi connectivity index (χ0) is 14.4. The zero-order valence-electron chi connectivity index (χ0n) is 12.8. The first-order chi connectivity index (χ1) is 9.24. The summed E-state index contributed by atoms with van der Waals surface area (Å²) in [6.45, 7) is 11.8. The molecule has 5 heteroatoms. The van der Waals surface area contributed by atoms with Crippen LogP contribution in [0.1, 0.15) is 59.3 Å². The molecule has 0 aromatic carbocycles. The van der Waals surface area contributed by atoms with Crippen molar-refractivity contribution < 1.29 is 17.7 Å². The largest absolute Gasteiger partial charge is 0.749 e. The fraction of sp³-hybridized carbons (Fsp3) is 0.857. The van der Waals surface area contributed by atoms with Crippen molar-refractivity contribution in [1.82, 2.24) is 0 Å². The summed E-state index contributed by atoms with van der Waals surface area (Å²) in [6, 6.07) is 0. The second-order valence-corrected chi connectivity index (χ2v) is 6.49. The first-order valence-corrected chi connectivity index (χ1v) is 9.08. The van der Waals surface area contributed by atoms with Crippen LogP contribution < -0.4 is 0 Å². The Balaban J connectivity index is 4.42. The molecule has 0 aromatic heterocycles. The van der Waals surface area contributed by atoms with E-state index in [-0.39, 0.29) is 0 Å². The summed E-state index contributed by atoms with van der Waals surface area (Å²) in [6.07, 6.45) is 7.51. The van der Waals surface area contributed by atoms with Gasteiger partial charge in [-0.1, -0.05) is 46.6 Å². The standard InChI is InChI=1S/C14H30O4Si/c1-5-9-12-16-19(15-8-4,17-13-10-6-2)18-14-11-7-3/h8H,4-7,9-14H2,1-3H3. The smallest absolute Gasteiger partial charge is 0.487 e. The van der Waals surface area contributed by atoms with E-state index in [9.17, 15) is 0 Å². The van der Waals surface area contributed by atoms with Gasteiger partial charge in [-0.05, 0) is 19.3 Å². The summed E-state index contributed by atoms with van der Waals surface area (Å²) in [5, 5.41) is 0. The van der Waals surface area contributed by atoms with Crippen LogP contribution in [0.2, 0.25) is 0 Å². The van der Waals surface area contributed by atoms with E-state index in [1.807, 2.05) is 0 Å². The molecular weight excluding hydrogens is 260 g/mol. The van der Waals surface area contributed by atoms with Gasteiger partial charge in [0.25, 0.3) is 0 Å². The third-order valence-corrected chi connectivity index (χ3v) is 4.69. The van der Waals surface area contributed by atoms with Crippen LogP contribution in [0.25, 0.3) is 0 Å². The quantitative estimate of drug-likeness (QED) is 0.275. The molecule has 0 aliphatic rings. The lowest BCUT2D eigenvalue weighted by Crippen LogP contribution is -2.48. The van der Waals surface area contributed by atoms with Gasteiger partial charge in [0.05, 0.1) is 6.26 Å². The van der Waals surface area contributed by atoms with Crippen molar-refractivity contribution in [3.05, 3.63) is 12.8 Å². The average Bonchev–Trinajstić information content (AvgIpc) is 2.40. The minimum absolute atomic E-state index is 0.606. The molecule has 0 aromatic rings. The van der Waals surface area contributed by atoms with Gasteiger partial charge < -0.3 is 17.7 Å². The molecule has 0 amide bonds. The fourth-order valence-corrected chi connectivity index (χ4v) is 3.19. The highest BCUT2D eigenvalue weighted by molar-refractivity contribution is 6.53. The Bertz CT molecular complexity index is 185. The Labute approximate surface area is 119 Å². The van der Waals surface area contributed by atoms with Crippen LogP contribution in [0, 0.1) is 0 Å². The van der Waals surface area contributed by atoms with Crippen molar-refractivity contribution in [2.24, 2.45) is 0 Å². The molecule has 114 valence electrons. The predicted octanol–water partition coefficient (Wildman–Crippen LogP) is 4.03.